The number of aromatic nitrogens is 2. The quantitative estimate of drug-likeness (QED) is 0.141. The summed E-state index contributed by atoms with van der Waals surface area (Å²) in [4.78, 5) is 63.7. The summed E-state index contributed by atoms with van der Waals surface area (Å²) in [5, 5.41) is 6.92. The van der Waals surface area contributed by atoms with Crippen LogP contribution >= 0.6 is 23.2 Å². The summed E-state index contributed by atoms with van der Waals surface area (Å²) in [7, 11) is 0. The van der Waals surface area contributed by atoms with E-state index in [1.165, 1.54) is 12.4 Å². The fourth-order valence-electron chi connectivity index (χ4n) is 6.95. The van der Waals surface area contributed by atoms with Crippen LogP contribution in [0.3, 0.4) is 0 Å². The van der Waals surface area contributed by atoms with E-state index >= 15 is 0 Å². The third-order valence-corrected chi connectivity index (χ3v) is 10.7. The van der Waals surface area contributed by atoms with E-state index in [4.69, 9.17) is 32.7 Å². The Morgan fingerprint density at radius 3 is 1.76 bits per heavy atom. The number of piperidine rings is 1. The van der Waals surface area contributed by atoms with Crippen molar-refractivity contribution in [3.8, 4) is 0 Å². The number of para-hydroxylation sites is 2. The normalized spacial score (nSPS) is 14.3. The lowest BCUT2D eigenvalue weighted by Crippen LogP contribution is -2.50. The van der Waals surface area contributed by atoms with Crippen LogP contribution in [0, 0.1) is 5.92 Å². The predicted molar refractivity (Wildman–Crippen MR) is 233 cm³/mol. The Balaban J connectivity index is 0.000000227. The Morgan fingerprint density at radius 1 is 0.729 bits per heavy atom. The lowest BCUT2D eigenvalue weighted by atomic mass is 9.95. The molecule has 3 amide bonds. The topological polar surface area (TPSA) is 146 Å². The summed E-state index contributed by atoms with van der Waals surface area (Å²) in [5.74, 6) is 0.679. The number of piperazine rings is 1. The molecule has 2 aromatic carbocycles. The molecule has 0 unspecified atom stereocenters. The second-order valence-corrected chi connectivity index (χ2v) is 15.2. The maximum atomic E-state index is 13.0. The van der Waals surface area contributed by atoms with Gasteiger partial charge in [-0.05, 0) is 74.4 Å². The molecule has 2 N–H and O–H groups in total. The molecular formula is C44H53Cl2N7O6. The zero-order valence-corrected chi connectivity index (χ0v) is 35.8. The SMILES string of the molecule is CCOC(=O)c1cnc(N2CCC(C(=O)Nc3ccccc3)CC2)c(Cl)c1.CCOC(=O)c1cnc(N2CCN(C(=O)Nc3c(CC)cccc3C(C)C)CC2)c(Cl)c1. The van der Waals surface area contributed by atoms with Crippen molar-refractivity contribution in [2.24, 2.45) is 5.92 Å². The second kappa shape index (κ2) is 21.6. The number of esters is 2. The van der Waals surface area contributed by atoms with Crippen LogP contribution in [0.4, 0.5) is 27.8 Å². The van der Waals surface area contributed by atoms with Gasteiger partial charge in [-0.15, -0.1) is 0 Å². The van der Waals surface area contributed by atoms with E-state index in [1.807, 2.05) is 51.1 Å². The molecule has 0 bridgehead atoms. The van der Waals surface area contributed by atoms with Crippen LogP contribution < -0.4 is 20.4 Å². The highest BCUT2D eigenvalue weighted by atomic mass is 35.5. The van der Waals surface area contributed by atoms with Crippen molar-refractivity contribution in [1.82, 2.24) is 14.9 Å². The molecule has 59 heavy (non-hydrogen) atoms. The predicted octanol–water partition coefficient (Wildman–Crippen LogP) is 8.72. The van der Waals surface area contributed by atoms with Gasteiger partial charge in [0, 0.05) is 69.0 Å². The highest BCUT2D eigenvalue weighted by Crippen LogP contribution is 2.31. The van der Waals surface area contributed by atoms with Crippen LogP contribution in [0.15, 0.2) is 73.1 Å². The molecule has 2 saturated heterocycles. The second-order valence-electron chi connectivity index (χ2n) is 14.4. The Hall–Kier alpha value is -5.40. The van der Waals surface area contributed by atoms with Crippen molar-refractivity contribution in [2.75, 3.05) is 72.9 Å². The van der Waals surface area contributed by atoms with Crippen molar-refractivity contribution < 1.29 is 28.7 Å². The molecule has 4 heterocycles. The molecule has 2 aliphatic heterocycles. The minimum atomic E-state index is -0.442. The van der Waals surface area contributed by atoms with Gasteiger partial charge in [0.2, 0.25) is 5.91 Å². The van der Waals surface area contributed by atoms with Gasteiger partial charge in [0.05, 0.1) is 34.4 Å². The van der Waals surface area contributed by atoms with E-state index in [9.17, 15) is 19.2 Å². The average Bonchev–Trinajstić information content (AvgIpc) is 3.24. The number of halogens is 2. The minimum absolute atomic E-state index is 0.0394. The van der Waals surface area contributed by atoms with E-state index in [-0.39, 0.29) is 17.9 Å². The minimum Gasteiger partial charge on any atom is -0.462 e. The number of aryl methyl sites for hydroxylation is 1. The van der Waals surface area contributed by atoms with Gasteiger partial charge in [-0.2, -0.15) is 0 Å². The maximum Gasteiger partial charge on any atom is 0.339 e. The average molecular weight is 847 g/mol. The summed E-state index contributed by atoms with van der Waals surface area (Å²) in [6.45, 7) is 14.1. The number of amides is 3. The fraction of sp³-hybridized carbons (Fsp3) is 0.409. The molecule has 0 radical (unpaired) electrons. The third-order valence-electron chi connectivity index (χ3n) is 10.2. The lowest BCUT2D eigenvalue weighted by Gasteiger charge is -2.36. The third kappa shape index (κ3) is 11.9. The first-order valence-corrected chi connectivity index (χ1v) is 20.9. The smallest absolute Gasteiger partial charge is 0.339 e. The van der Waals surface area contributed by atoms with E-state index in [2.05, 4.69) is 53.5 Å². The first-order valence-electron chi connectivity index (χ1n) is 20.1. The number of ether oxygens (including phenoxy) is 2. The summed E-state index contributed by atoms with van der Waals surface area (Å²) >= 11 is 12.7. The first-order chi connectivity index (χ1) is 28.4. The Morgan fingerprint density at radius 2 is 1.27 bits per heavy atom. The fourth-order valence-corrected chi connectivity index (χ4v) is 7.53. The number of urea groups is 1. The highest BCUT2D eigenvalue weighted by molar-refractivity contribution is 6.33. The van der Waals surface area contributed by atoms with Gasteiger partial charge in [-0.25, -0.2) is 24.4 Å². The molecule has 4 aromatic rings. The van der Waals surface area contributed by atoms with Gasteiger partial charge >= 0.3 is 18.0 Å². The largest absolute Gasteiger partial charge is 0.462 e. The number of hydrogen-bond donors (Lipinski definition) is 2. The van der Waals surface area contributed by atoms with Gasteiger partial charge in [0.15, 0.2) is 0 Å². The van der Waals surface area contributed by atoms with Crippen LogP contribution in [0.5, 0.6) is 0 Å². The number of hydrogen-bond acceptors (Lipinski definition) is 10. The summed E-state index contributed by atoms with van der Waals surface area (Å²) in [5.41, 5.74) is 4.69. The van der Waals surface area contributed by atoms with E-state index in [0.29, 0.717) is 91.2 Å². The Kier molecular flexibility index (Phi) is 16.3. The molecule has 15 heteroatoms. The lowest BCUT2D eigenvalue weighted by molar-refractivity contribution is -0.120. The summed E-state index contributed by atoms with van der Waals surface area (Å²) < 4.78 is 9.96. The molecule has 6 rings (SSSR count). The molecule has 2 aromatic heterocycles. The van der Waals surface area contributed by atoms with Crippen LogP contribution in [0.2, 0.25) is 10.0 Å². The molecule has 0 aliphatic carbocycles. The molecule has 13 nitrogen and oxygen atoms in total. The number of rotatable bonds is 11. The molecule has 0 spiro atoms. The van der Waals surface area contributed by atoms with Crippen molar-refractivity contribution in [2.45, 2.75) is 59.8 Å². The number of nitrogens with one attached hydrogen (secondary N) is 2. The van der Waals surface area contributed by atoms with E-state index in [1.54, 1.807) is 26.0 Å². The Bertz CT molecular complexity index is 2070. The van der Waals surface area contributed by atoms with Gasteiger partial charge < -0.3 is 34.8 Å². The van der Waals surface area contributed by atoms with E-state index < -0.39 is 11.9 Å². The molecule has 314 valence electrons. The van der Waals surface area contributed by atoms with Crippen molar-refractivity contribution in [3.05, 3.63) is 105 Å². The van der Waals surface area contributed by atoms with Gasteiger partial charge in [0.1, 0.15) is 11.6 Å². The molecule has 2 fully saturated rings. The standard InChI is InChI=1S/C24H31ClN4O3.C20H22ClN3O3/c1-5-17-8-7-9-19(16(3)4)21(17)27-24(31)29-12-10-28(11-13-29)22-20(25)14-18(15-26-22)23(30)32-6-2;1-2-27-20(26)15-12-17(21)18(22-13-15)24-10-8-14(9-11-24)19(25)23-16-6-4-3-5-7-16/h7-9,14-16H,5-6,10-13H2,1-4H3,(H,27,31);3-7,12-14H,2,8-11H2,1H3,(H,23,25). The first kappa shape index (κ1) is 44.7. The zero-order chi connectivity index (χ0) is 42.5. The van der Waals surface area contributed by atoms with Crippen LogP contribution in [-0.4, -0.2) is 91.2 Å². The maximum absolute atomic E-state index is 13.0. The van der Waals surface area contributed by atoms with Gasteiger partial charge in [0.25, 0.3) is 0 Å². The van der Waals surface area contributed by atoms with Crippen molar-refractivity contribution in [3.63, 3.8) is 0 Å². The summed E-state index contributed by atoms with van der Waals surface area (Å²) in [6, 6.07) is 18.7. The molecular weight excluding hydrogens is 793 g/mol. The van der Waals surface area contributed by atoms with Gasteiger partial charge in [-0.3, -0.25) is 4.79 Å². The van der Waals surface area contributed by atoms with Crippen molar-refractivity contribution >= 4 is 70.1 Å². The zero-order valence-electron chi connectivity index (χ0n) is 34.3. The number of pyridine rings is 2. The van der Waals surface area contributed by atoms with Crippen LogP contribution in [-0.2, 0) is 20.7 Å². The monoisotopic (exact) mass is 845 g/mol. The summed E-state index contributed by atoms with van der Waals surface area (Å²) in [6.07, 6.45) is 5.25. The molecule has 2 aliphatic rings. The van der Waals surface area contributed by atoms with Crippen LogP contribution in [0.25, 0.3) is 0 Å². The van der Waals surface area contributed by atoms with Gasteiger partial charge in [-0.1, -0.05) is 80.4 Å². The highest BCUT2D eigenvalue weighted by Gasteiger charge is 2.28. The Labute approximate surface area is 356 Å². The number of benzene rings is 2. The number of carbonyl (C=O) groups excluding carboxylic acids is 4. The van der Waals surface area contributed by atoms with E-state index in [0.717, 1.165) is 41.8 Å². The van der Waals surface area contributed by atoms with Crippen molar-refractivity contribution in [1.29, 1.82) is 0 Å². The number of carbonyl (C=O) groups is 4. The number of anilines is 4. The number of nitrogens with zero attached hydrogens (tertiary/aromatic N) is 5. The molecule has 0 saturated carbocycles. The van der Waals surface area contributed by atoms with Crippen LogP contribution in [0.1, 0.15) is 85.2 Å². The molecule has 0 atom stereocenters.